The lowest BCUT2D eigenvalue weighted by molar-refractivity contribution is -0.0496. The molecule has 0 aliphatic rings. The highest BCUT2D eigenvalue weighted by molar-refractivity contribution is 8.33. The smallest absolute Gasteiger partial charge is 0.494 e. The van der Waals surface area contributed by atoms with Crippen molar-refractivity contribution >= 4 is 20.4 Å². The Bertz CT molecular complexity index is 1180. The molecule has 3 aromatic carbocycles. The number of benzene rings is 3. The number of halogens is 3. The third-order valence-electron chi connectivity index (χ3n) is 6.30. The van der Waals surface area contributed by atoms with Gasteiger partial charge in [0.15, 0.2) is 0 Å². The molecule has 0 bridgehead atoms. The average molecular weight is 583 g/mol. The summed E-state index contributed by atoms with van der Waals surface area (Å²) in [5.41, 5.74) is -5.58. The molecule has 0 fully saturated rings. The lowest BCUT2D eigenvalue weighted by Crippen LogP contribution is -2.27. The number of alkyl halides is 3. The zero-order valence-corrected chi connectivity index (χ0v) is 23.9. The van der Waals surface area contributed by atoms with Crippen molar-refractivity contribution < 1.29 is 30.0 Å². The number of hydrogen-bond donors (Lipinski definition) is 0. The zero-order valence-electron chi connectivity index (χ0n) is 22.2. The number of rotatable bonds is 16. The van der Waals surface area contributed by atoms with E-state index in [-0.39, 0.29) is 0 Å². The zero-order chi connectivity index (χ0) is 28.2. The number of hydrogen-bond acceptors (Lipinski definition) is 4. The first-order valence-corrected chi connectivity index (χ1v) is 16.4. The van der Waals surface area contributed by atoms with Gasteiger partial charge in [-0.05, 0) is 65.3 Å². The van der Waals surface area contributed by atoms with Crippen molar-refractivity contribution in [3.8, 4) is 5.75 Å². The van der Waals surface area contributed by atoms with Gasteiger partial charge in [-0.2, -0.15) is 25.2 Å². The molecule has 0 saturated carbocycles. The minimum atomic E-state index is -5.94. The molecule has 0 heterocycles. The van der Waals surface area contributed by atoms with Crippen LogP contribution in [0.15, 0.2) is 99.6 Å². The Kier molecular flexibility index (Phi) is 11.8. The van der Waals surface area contributed by atoms with E-state index in [1.807, 2.05) is 0 Å². The SMILES string of the molecule is CCCCCCCCCCCOc1ccc(S(OS(=O)(=O)C(F)(F)F)(c2ccccc2)c2ccccc2)cc1. The van der Waals surface area contributed by atoms with E-state index in [0.717, 1.165) is 12.8 Å². The van der Waals surface area contributed by atoms with Crippen LogP contribution in [-0.4, -0.2) is 20.5 Å². The number of unbranched alkanes of at least 4 members (excludes halogenated alkanes) is 8. The van der Waals surface area contributed by atoms with Gasteiger partial charge in [-0.3, -0.25) is 0 Å². The average Bonchev–Trinajstić information content (AvgIpc) is 2.93. The molecule has 0 radical (unpaired) electrons. The third kappa shape index (κ3) is 8.50. The minimum absolute atomic E-state index is 0.308. The van der Waals surface area contributed by atoms with Crippen molar-refractivity contribution in [3.63, 3.8) is 0 Å². The number of ether oxygens (including phenoxy) is 1. The van der Waals surface area contributed by atoms with E-state index in [1.54, 1.807) is 84.9 Å². The van der Waals surface area contributed by atoms with E-state index < -0.39 is 25.9 Å². The molecule has 214 valence electrons. The fourth-order valence-electron chi connectivity index (χ4n) is 4.25. The molecule has 39 heavy (non-hydrogen) atoms. The molecule has 0 saturated heterocycles. The lowest BCUT2D eigenvalue weighted by Gasteiger charge is -2.39. The van der Waals surface area contributed by atoms with Crippen molar-refractivity contribution in [2.75, 3.05) is 6.61 Å². The third-order valence-corrected chi connectivity index (χ3v) is 11.2. The molecule has 0 atom stereocenters. The quantitative estimate of drug-likeness (QED) is 0.125. The van der Waals surface area contributed by atoms with Gasteiger partial charge < -0.3 is 4.74 Å². The maximum absolute atomic E-state index is 13.6. The van der Waals surface area contributed by atoms with Gasteiger partial charge in [0.05, 0.1) is 6.61 Å². The fraction of sp³-hybridized carbons (Fsp3) is 0.400. The molecule has 4 nitrogen and oxygen atoms in total. The Morgan fingerprint density at radius 2 is 1.05 bits per heavy atom. The van der Waals surface area contributed by atoms with Crippen LogP contribution in [0.1, 0.15) is 64.7 Å². The first kappa shape index (κ1) is 31.0. The minimum Gasteiger partial charge on any atom is -0.494 e. The van der Waals surface area contributed by atoms with E-state index in [2.05, 4.69) is 6.92 Å². The maximum Gasteiger partial charge on any atom is 0.524 e. The molecule has 0 aromatic heterocycles. The van der Waals surface area contributed by atoms with Gasteiger partial charge in [0.2, 0.25) is 0 Å². The van der Waals surface area contributed by atoms with E-state index in [9.17, 15) is 21.6 Å². The first-order valence-electron chi connectivity index (χ1n) is 13.4. The van der Waals surface area contributed by atoms with Gasteiger partial charge in [0.25, 0.3) is 0 Å². The summed E-state index contributed by atoms with van der Waals surface area (Å²) in [5, 5.41) is 0. The summed E-state index contributed by atoms with van der Waals surface area (Å²) in [6.45, 7) is 2.74. The predicted molar refractivity (Wildman–Crippen MR) is 150 cm³/mol. The summed E-state index contributed by atoms with van der Waals surface area (Å²) in [6, 6.07) is 22.8. The Morgan fingerprint density at radius 1 is 0.615 bits per heavy atom. The van der Waals surface area contributed by atoms with Crippen LogP contribution in [0.25, 0.3) is 0 Å². The van der Waals surface area contributed by atoms with Gasteiger partial charge >= 0.3 is 15.6 Å². The van der Waals surface area contributed by atoms with E-state index in [4.69, 9.17) is 8.37 Å². The summed E-state index contributed by atoms with van der Waals surface area (Å²) < 4.78 is 76.7. The van der Waals surface area contributed by atoms with E-state index >= 15 is 0 Å². The van der Waals surface area contributed by atoms with Gasteiger partial charge in [-0.15, -0.1) is 0 Å². The topological polar surface area (TPSA) is 52.6 Å². The van der Waals surface area contributed by atoms with Crippen LogP contribution >= 0.6 is 10.3 Å². The molecule has 0 aliphatic carbocycles. The van der Waals surface area contributed by atoms with Gasteiger partial charge in [0.1, 0.15) is 5.75 Å². The van der Waals surface area contributed by atoms with Crippen molar-refractivity contribution in [1.82, 2.24) is 0 Å². The second-order valence-electron chi connectivity index (χ2n) is 9.30. The lowest BCUT2D eigenvalue weighted by atomic mass is 10.1. The largest absolute Gasteiger partial charge is 0.524 e. The molecule has 0 aliphatic heterocycles. The second-order valence-corrected chi connectivity index (χ2v) is 13.7. The molecule has 3 aromatic rings. The van der Waals surface area contributed by atoms with Crippen molar-refractivity contribution in [3.05, 3.63) is 84.9 Å². The first-order chi connectivity index (χ1) is 18.7. The van der Waals surface area contributed by atoms with Crippen LogP contribution < -0.4 is 4.74 Å². The van der Waals surface area contributed by atoms with Crippen molar-refractivity contribution in [2.45, 2.75) is 84.9 Å². The Labute approximate surface area is 232 Å². The van der Waals surface area contributed by atoms with Gasteiger partial charge in [-0.1, -0.05) is 94.7 Å². The highest BCUT2D eigenvalue weighted by Gasteiger charge is 2.52. The van der Waals surface area contributed by atoms with E-state index in [0.29, 0.717) is 27.0 Å². The predicted octanol–water partition coefficient (Wildman–Crippen LogP) is 9.66. The fourth-order valence-corrected chi connectivity index (χ4v) is 9.00. The van der Waals surface area contributed by atoms with Crippen LogP contribution in [0.4, 0.5) is 13.2 Å². The molecule has 9 heteroatoms. The van der Waals surface area contributed by atoms with Crippen LogP contribution in [0.2, 0.25) is 0 Å². The summed E-state index contributed by atoms with van der Waals surface area (Å²) in [5.74, 6) is 0.561. The van der Waals surface area contributed by atoms with Crippen LogP contribution in [0.5, 0.6) is 5.75 Å². The Morgan fingerprint density at radius 3 is 1.51 bits per heavy atom. The Hall–Kier alpha value is -2.49. The second kappa shape index (κ2) is 14.8. The van der Waals surface area contributed by atoms with Crippen LogP contribution in [0, 0.1) is 0 Å². The molecular formula is C30H37F3O4S2. The molecule has 0 amide bonds. The van der Waals surface area contributed by atoms with Gasteiger partial charge in [-0.25, -0.2) is 0 Å². The highest BCUT2D eigenvalue weighted by atomic mass is 32.3. The summed E-state index contributed by atoms with van der Waals surface area (Å²) in [7, 11) is -9.23. The Balaban J connectivity index is 1.79. The molecule has 0 unspecified atom stereocenters. The van der Waals surface area contributed by atoms with Crippen LogP contribution in [0.3, 0.4) is 0 Å². The molecular weight excluding hydrogens is 545 g/mol. The highest BCUT2D eigenvalue weighted by Crippen LogP contribution is 2.70. The van der Waals surface area contributed by atoms with Gasteiger partial charge in [0, 0.05) is 14.7 Å². The standard InChI is InChI=1S/C30H37F3O4S2/c1-2-3-4-5-6-7-8-9-16-25-36-26-21-23-29(24-22-26)38(27-17-12-10-13-18-27,28-19-14-11-15-20-28)37-39(34,35)30(31,32)33/h10-15,17-24H,2-9,16,25H2,1H3. The van der Waals surface area contributed by atoms with Crippen molar-refractivity contribution in [1.29, 1.82) is 0 Å². The molecule has 3 rings (SSSR count). The van der Waals surface area contributed by atoms with E-state index in [1.165, 1.54) is 44.9 Å². The summed E-state index contributed by atoms with van der Waals surface area (Å²) in [6.07, 6.45) is 10.8. The monoisotopic (exact) mass is 582 g/mol. The van der Waals surface area contributed by atoms with Crippen LogP contribution in [-0.2, 0) is 13.7 Å². The molecule has 0 N–H and O–H groups in total. The maximum atomic E-state index is 13.6. The molecule has 0 spiro atoms. The normalized spacial score (nSPS) is 12.8. The summed E-state index contributed by atoms with van der Waals surface area (Å²) in [4.78, 5) is 0.961. The summed E-state index contributed by atoms with van der Waals surface area (Å²) >= 11 is 0. The van der Waals surface area contributed by atoms with Crippen molar-refractivity contribution in [2.24, 2.45) is 0 Å².